The minimum absolute atomic E-state index is 0.0721. The smallest absolute Gasteiger partial charge is 0.437 e. The van der Waals surface area contributed by atoms with Gasteiger partial charge in [-0.25, -0.2) is 19.2 Å². The van der Waals surface area contributed by atoms with Crippen molar-refractivity contribution in [3.63, 3.8) is 0 Å². The molecule has 1 saturated carbocycles. The van der Waals surface area contributed by atoms with Crippen molar-refractivity contribution in [2.24, 2.45) is 9.98 Å². The van der Waals surface area contributed by atoms with Crippen molar-refractivity contribution < 1.29 is 38.1 Å². The molecule has 2 aliphatic heterocycles. The quantitative estimate of drug-likeness (QED) is 0.140. The monoisotopic (exact) mass is 950 g/mol. The molecule has 2 N–H and O–H groups in total. The molecule has 17 nitrogen and oxygen atoms in total. The van der Waals surface area contributed by atoms with Gasteiger partial charge in [-0.1, -0.05) is 79.9 Å². The number of hydrogen-bond donors (Lipinski definition) is 2. The molecule has 1 aliphatic carbocycles. The molecule has 0 radical (unpaired) electrons. The Morgan fingerprint density at radius 3 is 1.19 bits per heavy atom. The first-order valence-corrected chi connectivity index (χ1v) is 24.0. The third-order valence-corrected chi connectivity index (χ3v) is 11.1. The van der Waals surface area contributed by atoms with Gasteiger partial charge in [0.05, 0.1) is 0 Å². The molecule has 0 unspecified atom stereocenters. The number of carbonyl (C=O) groups is 4. The summed E-state index contributed by atoms with van der Waals surface area (Å²) in [4.78, 5) is 62.9. The van der Waals surface area contributed by atoms with Crippen molar-refractivity contribution in [2.75, 3.05) is 26.2 Å². The van der Waals surface area contributed by atoms with E-state index < -0.39 is 46.8 Å². The standard InChI is InChI=1S/C52H71N9O8/c1-49(2,3)66-45(62)53-43(54-46(63)67-50(4,5)6)59-30-26-36(27-31-59)34-18-22-38(23-19-34)41-57-58-42(61(41)40-16-14-13-15-17-40)39-24-20-35(21-25-39)37-28-32-60(33-29-37)44(55-47(64)68-51(7,8)9)56-48(65)69-52(10,11)12/h18-26,28,40H,13-17,27,29-33H2,1-12H3,(H,53,54,62,63)(H,55,56,64,65). The molecule has 0 atom stereocenters. The SMILES string of the molecule is CC(C)(C)OC(=O)/N=C(\NC(=O)OC(C)(C)C)N1CC=C(c2ccc(-c3nnc(-c4ccc(C5=CCN(/C(=N/C(=O)OC(C)(C)C)NC(=O)OC(C)(C)C)CC5)cc4)n3C3CCCCC3)cc2)CC1. The molecule has 0 saturated heterocycles. The molecule has 6 rings (SSSR count). The van der Waals surface area contributed by atoms with E-state index in [4.69, 9.17) is 29.1 Å². The first-order chi connectivity index (χ1) is 32.3. The van der Waals surface area contributed by atoms with E-state index in [0.29, 0.717) is 39.0 Å². The number of benzene rings is 2. The Hall–Kier alpha value is -6.52. The largest absolute Gasteiger partial charge is 0.444 e. The summed E-state index contributed by atoms with van der Waals surface area (Å²) < 4.78 is 24.1. The van der Waals surface area contributed by atoms with Crippen LogP contribution in [0.25, 0.3) is 33.9 Å². The predicted molar refractivity (Wildman–Crippen MR) is 267 cm³/mol. The molecule has 3 aromatic rings. The average molecular weight is 950 g/mol. The third kappa shape index (κ3) is 15.5. The van der Waals surface area contributed by atoms with Crippen molar-refractivity contribution in [1.29, 1.82) is 0 Å². The highest BCUT2D eigenvalue weighted by atomic mass is 16.6. The van der Waals surface area contributed by atoms with Gasteiger partial charge in [0.15, 0.2) is 11.6 Å². The summed E-state index contributed by atoms with van der Waals surface area (Å²) in [6, 6.07) is 17.1. The van der Waals surface area contributed by atoms with Crippen LogP contribution in [0, 0.1) is 0 Å². The van der Waals surface area contributed by atoms with Crippen LogP contribution in [0.4, 0.5) is 19.2 Å². The van der Waals surface area contributed by atoms with Gasteiger partial charge in [-0.3, -0.25) is 10.6 Å². The summed E-state index contributed by atoms with van der Waals surface area (Å²) in [5, 5.41) is 15.0. The van der Waals surface area contributed by atoms with Gasteiger partial charge >= 0.3 is 24.4 Å². The lowest BCUT2D eigenvalue weighted by Gasteiger charge is -2.30. The Bertz CT molecular complexity index is 2290. The van der Waals surface area contributed by atoms with Crippen LogP contribution in [0.1, 0.15) is 145 Å². The van der Waals surface area contributed by atoms with Crippen LogP contribution in [0.5, 0.6) is 0 Å². The van der Waals surface area contributed by atoms with E-state index in [0.717, 1.165) is 70.7 Å². The van der Waals surface area contributed by atoms with E-state index in [9.17, 15) is 19.2 Å². The fourth-order valence-corrected chi connectivity index (χ4v) is 8.17. The lowest BCUT2D eigenvalue weighted by atomic mass is 9.94. The zero-order valence-corrected chi connectivity index (χ0v) is 42.5. The van der Waals surface area contributed by atoms with E-state index >= 15 is 0 Å². The van der Waals surface area contributed by atoms with Crippen molar-refractivity contribution >= 4 is 47.4 Å². The van der Waals surface area contributed by atoms with E-state index in [1.807, 2.05) is 9.80 Å². The zero-order valence-electron chi connectivity index (χ0n) is 42.5. The summed E-state index contributed by atoms with van der Waals surface area (Å²) in [5.41, 5.74) is 3.36. The summed E-state index contributed by atoms with van der Waals surface area (Å²) >= 11 is 0. The molecule has 17 heteroatoms. The Balaban J connectivity index is 1.18. The maximum Gasteiger partial charge on any atom is 0.437 e. The third-order valence-electron chi connectivity index (χ3n) is 11.1. The second kappa shape index (κ2) is 21.4. The van der Waals surface area contributed by atoms with Gasteiger partial charge in [-0.2, -0.15) is 0 Å². The van der Waals surface area contributed by atoms with Crippen LogP contribution in [0.15, 0.2) is 70.7 Å². The summed E-state index contributed by atoms with van der Waals surface area (Å²) in [7, 11) is 0. The van der Waals surface area contributed by atoms with Crippen molar-refractivity contribution in [3.8, 4) is 22.8 Å². The van der Waals surface area contributed by atoms with E-state index in [2.05, 4.69) is 85.9 Å². The minimum atomic E-state index is -0.803. The summed E-state index contributed by atoms with van der Waals surface area (Å²) in [5.74, 6) is 1.80. The van der Waals surface area contributed by atoms with Crippen LogP contribution in [-0.2, 0) is 18.9 Å². The molecule has 4 amide bonds. The molecular weight excluding hydrogens is 879 g/mol. The number of ether oxygens (including phenoxy) is 4. The molecule has 0 bridgehead atoms. The van der Waals surface area contributed by atoms with Gasteiger partial charge in [0.2, 0.25) is 11.9 Å². The number of rotatable bonds is 5. The van der Waals surface area contributed by atoms with Crippen molar-refractivity contribution in [2.45, 2.75) is 156 Å². The first kappa shape index (κ1) is 51.9. The highest BCUT2D eigenvalue weighted by molar-refractivity contribution is 6.00. The molecule has 3 heterocycles. The van der Waals surface area contributed by atoms with Crippen LogP contribution in [0.3, 0.4) is 0 Å². The number of aliphatic imine (C=N–C) groups is 2. The fourth-order valence-electron chi connectivity index (χ4n) is 8.17. The first-order valence-electron chi connectivity index (χ1n) is 24.0. The van der Waals surface area contributed by atoms with E-state index in [1.54, 1.807) is 83.1 Å². The summed E-state index contributed by atoms with van der Waals surface area (Å²) in [6.45, 7) is 23.0. The maximum absolute atomic E-state index is 12.8. The second-order valence-electron chi connectivity index (χ2n) is 21.6. The van der Waals surface area contributed by atoms with Crippen LogP contribution in [0.2, 0.25) is 0 Å². The minimum Gasteiger partial charge on any atom is -0.444 e. The molecule has 69 heavy (non-hydrogen) atoms. The number of amides is 4. The van der Waals surface area contributed by atoms with Gasteiger partial charge in [-0.15, -0.1) is 20.2 Å². The number of alkyl carbamates (subject to hydrolysis) is 2. The highest BCUT2D eigenvalue weighted by Gasteiger charge is 2.29. The Morgan fingerprint density at radius 1 is 0.522 bits per heavy atom. The van der Waals surface area contributed by atoms with Crippen LogP contribution in [-0.4, -0.2) is 109 Å². The maximum atomic E-state index is 12.8. The molecule has 2 aromatic carbocycles. The fraction of sp³-hybridized carbons (Fsp3) is 0.538. The highest BCUT2D eigenvalue weighted by Crippen LogP contribution is 2.37. The van der Waals surface area contributed by atoms with Gasteiger partial charge < -0.3 is 33.3 Å². The lowest BCUT2D eigenvalue weighted by molar-refractivity contribution is 0.0536. The van der Waals surface area contributed by atoms with E-state index in [-0.39, 0.29) is 18.0 Å². The molecule has 372 valence electrons. The second-order valence-corrected chi connectivity index (χ2v) is 21.6. The predicted octanol–water partition coefficient (Wildman–Crippen LogP) is 10.9. The normalized spacial score (nSPS) is 16.8. The van der Waals surface area contributed by atoms with Crippen LogP contribution < -0.4 is 10.6 Å². The van der Waals surface area contributed by atoms with Crippen molar-refractivity contribution in [1.82, 2.24) is 35.2 Å². The van der Waals surface area contributed by atoms with Gasteiger partial charge in [0.25, 0.3) is 0 Å². The Kier molecular flexibility index (Phi) is 16.1. The molecule has 3 aliphatic rings. The van der Waals surface area contributed by atoms with Gasteiger partial charge in [-0.05, 0) is 131 Å². The number of carbonyl (C=O) groups excluding carboxylic acids is 4. The Morgan fingerprint density at radius 2 is 0.870 bits per heavy atom. The summed E-state index contributed by atoms with van der Waals surface area (Å²) in [6.07, 6.45) is 8.01. The number of aromatic nitrogens is 3. The number of guanidine groups is 2. The van der Waals surface area contributed by atoms with E-state index in [1.165, 1.54) is 6.42 Å². The van der Waals surface area contributed by atoms with Crippen LogP contribution >= 0.6 is 0 Å². The number of nitrogens with zero attached hydrogens (tertiary/aromatic N) is 7. The van der Waals surface area contributed by atoms with Crippen molar-refractivity contribution in [3.05, 3.63) is 71.8 Å². The lowest BCUT2D eigenvalue weighted by Crippen LogP contribution is -2.48. The molecular formula is C52H71N9O8. The average Bonchev–Trinajstić information content (AvgIpc) is 3.69. The number of nitrogens with one attached hydrogen (secondary N) is 2. The molecule has 1 fully saturated rings. The van der Waals surface area contributed by atoms with Gasteiger partial charge in [0.1, 0.15) is 22.4 Å². The zero-order chi connectivity index (χ0) is 50.3. The topological polar surface area (TPSA) is 191 Å². The molecule has 1 aromatic heterocycles. The van der Waals surface area contributed by atoms with Gasteiger partial charge in [0, 0.05) is 43.3 Å². The molecule has 0 spiro atoms. The Labute approximate surface area is 406 Å². The number of hydrogen-bond acceptors (Lipinski definition) is 10.